The molecule has 2 fully saturated rings. The van der Waals surface area contributed by atoms with Crippen LogP contribution in [0.3, 0.4) is 0 Å². The Labute approximate surface area is 205 Å². The van der Waals surface area contributed by atoms with Crippen LogP contribution in [-0.2, 0) is 33.4 Å². The Balaban J connectivity index is 1.41. The molecular weight excluding hydrogens is 452 g/mol. The largest absolute Gasteiger partial charge is 0.458 e. The van der Waals surface area contributed by atoms with Crippen molar-refractivity contribution in [3.8, 4) is 0 Å². The van der Waals surface area contributed by atoms with Crippen LogP contribution in [-0.4, -0.2) is 58.3 Å². The highest BCUT2D eigenvalue weighted by Crippen LogP contribution is 2.54. The number of nitrogens with zero attached hydrogens (tertiary/aromatic N) is 1. The standard InChI is InChI=1S/C26H34N2O7/c1-3-10-18-23(32)27-26(24(33)35-25(18,26)2)22(17-11-6-4-7-12-17)34-21(31)13-8-5-9-16-28-19(29)14-15-20(28)30/h6,11,14-15,17-18,22H,3-5,7-10,12-13,16H2,1-2H3,(H,27,32)/t17?,18?,22-,25-,26-/m0/s1. The summed E-state index contributed by atoms with van der Waals surface area (Å²) in [7, 11) is 0. The van der Waals surface area contributed by atoms with Crippen molar-refractivity contribution >= 4 is 29.7 Å². The molecule has 0 radical (unpaired) electrons. The topological polar surface area (TPSA) is 119 Å². The molecule has 0 aromatic rings. The number of carbonyl (C=O) groups is 5. The van der Waals surface area contributed by atoms with Crippen LogP contribution in [0.15, 0.2) is 24.3 Å². The predicted molar refractivity (Wildman–Crippen MR) is 124 cm³/mol. The number of hydrogen-bond acceptors (Lipinski definition) is 7. The van der Waals surface area contributed by atoms with Gasteiger partial charge in [-0.15, -0.1) is 0 Å². The number of esters is 2. The Bertz CT molecular complexity index is 955. The number of hydrogen-bond donors (Lipinski definition) is 1. The van der Waals surface area contributed by atoms with Crippen LogP contribution in [0.2, 0.25) is 0 Å². The number of ether oxygens (including phenoxy) is 2. The molecule has 3 aliphatic heterocycles. The van der Waals surface area contributed by atoms with Gasteiger partial charge in [0.1, 0.15) is 6.10 Å². The highest BCUT2D eigenvalue weighted by atomic mass is 16.6. The average Bonchev–Trinajstić information content (AvgIpc) is 3.24. The first-order chi connectivity index (χ1) is 16.7. The van der Waals surface area contributed by atoms with Gasteiger partial charge in [0.15, 0.2) is 5.60 Å². The highest BCUT2D eigenvalue weighted by molar-refractivity contribution is 6.12. The van der Waals surface area contributed by atoms with E-state index in [0.29, 0.717) is 32.2 Å². The fraction of sp³-hybridized carbons (Fsp3) is 0.654. The Morgan fingerprint density at radius 2 is 1.94 bits per heavy atom. The zero-order valence-corrected chi connectivity index (χ0v) is 20.4. The second-order valence-electron chi connectivity index (χ2n) is 10.0. The lowest BCUT2D eigenvalue weighted by molar-refractivity contribution is -0.242. The molecule has 2 unspecified atom stereocenters. The van der Waals surface area contributed by atoms with Crippen molar-refractivity contribution in [3.63, 3.8) is 0 Å². The zero-order valence-electron chi connectivity index (χ0n) is 20.4. The molecular formula is C26H34N2O7. The van der Waals surface area contributed by atoms with E-state index >= 15 is 0 Å². The lowest BCUT2D eigenvalue weighted by atomic mass is 9.64. The van der Waals surface area contributed by atoms with Gasteiger partial charge in [-0.05, 0) is 45.4 Å². The molecule has 9 nitrogen and oxygen atoms in total. The molecule has 2 saturated heterocycles. The van der Waals surface area contributed by atoms with E-state index in [9.17, 15) is 24.0 Å². The fourth-order valence-corrected chi connectivity index (χ4v) is 5.88. The number of amides is 3. The van der Waals surface area contributed by atoms with Gasteiger partial charge in [0.2, 0.25) is 11.4 Å². The summed E-state index contributed by atoms with van der Waals surface area (Å²) in [6.45, 7) is 4.06. The quantitative estimate of drug-likeness (QED) is 0.206. The predicted octanol–water partition coefficient (Wildman–Crippen LogP) is 2.34. The molecule has 9 heteroatoms. The maximum atomic E-state index is 13.0. The highest BCUT2D eigenvalue weighted by Gasteiger charge is 2.80. The van der Waals surface area contributed by atoms with Crippen LogP contribution in [0.25, 0.3) is 0 Å². The number of unbranched alkanes of at least 4 members (excludes halogenated alkanes) is 2. The van der Waals surface area contributed by atoms with E-state index in [2.05, 4.69) is 5.32 Å². The van der Waals surface area contributed by atoms with Crippen LogP contribution < -0.4 is 5.32 Å². The number of fused-ring (bicyclic) bond motifs is 1. The minimum Gasteiger partial charge on any atom is -0.458 e. The molecule has 4 rings (SSSR count). The molecule has 1 aliphatic carbocycles. The second kappa shape index (κ2) is 9.95. The fourth-order valence-electron chi connectivity index (χ4n) is 5.88. The van der Waals surface area contributed by atoms with Crippen LogP contribution in [0.4, 0.5) is 0 Å². The first kappa shape index (κ1) is 25.1. The minimum atomic E-state index is -1.38. The number of rotatable bonds is 11. The monoisotopic (exact) mass is 486 g/mol. The van der Waals surface area contributed by atoms with Crippen molar-refractivity contribution in [3.05, 3.63) is 24.3 Å². The lowest BCUT2D eigenvalue weighted by Crippen LogP contribution is -2.80. The third-order valence-electron chi connectivity index (χ3n) is 7.82. The van der Waals surface area contributed by atoms with Crippen molar-refractivity contribution in [1.29, 1.82) is 0 Å². The van der Waals surface area contributed by atoms with E-state index in [4.69, 9.17) is 9.47 Å². The van der Waals surface area contributed by atoms with Gasteiger partial charge >= 0.3 is 11.9 Å². The van der Waals surface area contributed by atoms with E-state index in [1.165, 1.54) is 17.1 Å². The summed E-state index contributed by atoms with van der Waals surface area (Å²) in [4.78, 5) is 63.2. The molecule has 0 saturated carbocycles. The van der Waals surface area contributed by atoms with Crippen molar-refractivity contribution in [2.45, 2.75) is 88.9 Å². The Morgan fingerprint density at radius 1 is 1.20 bits per heavy atom. The van der Waals surface area contributed by atoms with Crippen molar-refractivity contribution < 1.29 is 33.4 Å². The van der Waals surface area contributed by atoms with Crippen LogP contribution >= 0.6 is 0 Å². The summed E-state index contributed by atoms with van der Waals surface area (Å²) >= 11 is 0. The summed E-state index contributed by atoms with van der Waals surface area (Å²) in [5.74, 6) is -2.52. The maximum absolute atomic E-state index is 13.0. The van der Waals surface area contributed by atoms with E-state index in [1.54, 1.807) is 6.92 Å². The first-order valence-corrected chi connectivity index (χ1v) is 12.7. The van der Waals surface area contributed by atoms with Gasteiger partial charge in [0.05, 0.1) is 5.92 Å². The Kier molecular flexibility index (Phi) is 7.15. The third kappa shape index (κ3) is 4.29. The molecule has 0 aromatic heterocycles. The zero-order chi connectivity index (χ0) is 25.2. The second-order valence-corrected chi connectivity index (χ2v) is 10.0. The van der Waals surface area contributed by atoms with Gasteiger partial charge in [0, 0.05) is 31.0 Å². The summed E-state index contributed by atoms with van der Waals surface area (Å²) in [6, 6.07) is 0. The van der Waals surface area contributed by atoms with Gasteiger partial charge in [-0.25, -0.2) is 4.79 Å². The van der Waals surface area contributed by atoms with E-state index in [0.717, 1.165) is 25.7 Å². The number of carbonyl (C=O) groups excluding carboxylic acids is 5. The number of nitrogens with one attached hydrogen (secondary N) is 1. The molecule has 35 heavy (non-hydrogen) atoms. The number of allylic oxidation sites excluding steroid dienone is 1. The summed E-state index contributed by atoms with van der Waals surface area (Å²) in [6.07, 6.45) is 11.5. The molecule has 0 bridgehead atoms. The van der Waals surface area contributed by atoms with Crippen molar-refractivity contribution in [1.82, 2.24) is 10.2 Å². The van der Waals surface area contributed by atoms with Gasteiger partial charge in [-0.2, -0.15) is 0 Å². The normalized spacial score (nSPS) is 32.2. The summed E-state index contributed by atoms with van der Waals surface area (Å²) in [5, 5.41) is 2.91. The molecule has 4 aliphatic rings. The third-order valence-corrected chi connectivity index (χ3v) is 7.82. The molecule has 0 aromatic carbocycles. The molecule has 3 heterocycles. The van der Waals surface area contributed by atoms with Gasteiger partial charge in [-0.1, -0.05) is 31.9 Å². The summed E-state index contributed by atoms with van der Waals surface area (Å²) < 4.78 is 11.6. The molecule has 5 atom stereocenters. The molecule has 190 valence electrons. The van der Waals surface area contributed by atoms with Gasteiger partial charge in [-0.3, -0.25) is 24.1 Å². The van der Waals surface area contributed by atoms with Gasteiger partial charge in [0.25, 0.3) is 11.8 Å². The van der Waals surface area contributed by atoms with Crippen LogP contribution in [0, 0.1) is 11.8 Å². The van der Waals surface area contributed by atoms with Crippen LogP contribution in [0.1, 0.15) is 71.6 Å². The Hall–Kier alpha value is -2.97. The summed E-state index contributed by atoms with van der Waals surface area (Å²) in [5.41, 5.74) is -2.44. The van der Waals surface area contributed by atoms with E-state index < -0.39 is 35.1 Å². The molecule has 1 N–H and O–H groups in total. The van der Waals surface area contributed by atoms with Gasteiger partial charge < -0.3 is 14.8 Å². The van der Waals surface area contributed by atoms with Crippen molar-refractivity contribution in [2.24, 2.45) is 11.8 Å². The molecule has 3 amide bonds. The lowest BCUT2D eigenvalue weighted by Gasteiger charge is -2.55. The smallest absolute Gasteiger partial charge is 0.340 e. The average molecular weight is 487 g/mol. The first-order valence-electron chi connectivity index (χ1n) is 12.7. The van der Waals surface area contributed by atoms with Crippen LogP contribution in [0.5, 0.6) is 0 Å². The maximum Gasteiger partial charge on any atom is 0.340 e. The Morgan fingerprint density at radius 3 is 2.57 bits per heavy atom. The molecule has 0 spiro atoms. The van der Waals surface area contributed by atoms with E-state index in [1.807, 2.05) is 19.1 Å². The minimum absolute atomic E-state index is 0.140. The van der Waals surface area contributed by atoms with E-state index in [-0.39, 0.29) is 30.1 Å². The van der Waals surface area contributed by atoms with Crippen molar-refractivity contribution in [2.75, 3.05) is 6.54 Å². The SMILES string of the molecule is CCCC1C(=O)N[C@@]2([C@@H](OC(=O)CCCCCN3C(=O)C=CC3=O)C3C=CCCC3)C(=O)O[C@@]12C. The number of imide groups is 1.